The standard InChI is InChI=1S/C15H16O3/c1-15(2,3)10-5-4-9-6-11(16)8-13(14(17)18)12(9)7-10/h4-8,16H,1-3H3,(H,17,18). The summed E-state index contributed by atoms with van der Waals surface area (Å²) < 4.78 is 0. The van der Waals surface area contributed by atoms with E-state index in [1.807, 2.05) is 18.2 Å². The molecule has 0 amide bonds. The predicted octanol–water partition coefficient (Wildman–Crippen LogP) is 3.54. The Morgan fingerprint density at radius 2 is 1.78 bits per heavy atom. The molecule has 0 radical (unpaired) electrons. The molecular formula is C15H16O3. The van der Waals surface area contributed by atoms with Gasteiger partial charge in [0.25, 0.3) is 0 Å². The number of phenolic OH excluding ortho intramolecular Hbond substituents is 1. The highest BCUT2D eigenvalue weighted by Gasteiger charge is 2.16. The van der Waals surface area contributed by atoms with Crippen LogP contribution in [0.1, 0.15) is 36.7 Å². The summed E-state index contributed by atoms with van der Waals surface area (Å²) in [6, 6.07) is 8.57. The number of hydrogen-bond donors (Lipinski definition) is 2. The molecule has 0 spiro atoms. The topological polar surface area (TPSA) is 57.5 Å². The van der Waals surface area contributed by atoms with E-state index >= 15 is 0 Å². The van der Waals surface area contributed by atoms with Crippen molar-refractivity contribution in [1.82, 2.24) is 0 Å². The van der Waals surface area contributed by atoms with Crippen molar-refractivity contribution < 1.29 is 15.0 Å². The van der Waals surface area contributed by atoms with Crippen LogP contribution in [-0.2, 0) is 5.41 Å². The Balaban J connectivity index is 2.79. The largest absolute Gasteiger partial charge is 0.508 e. The number of aromatic carboxylic acids is 1. The second kappa shape index (κ2) is 4.02. The van der Waals surface area contributed by atoms with E-state index < -0.39 is 5.97 Å². The van der Waals surface area contributed by atoms with Gasteiger partial charge in [-0.15, -0.1) is 0 Å². The van der Waals surface area contributed by atoms with E-state index in [4.69, 9.17) is 0 Å². The molecule has 0 saturated heterocycles. The lowest BCUT2D eigenvalue weighted by Crippen LogP contribution is -2.11. The van der Waals surface area contributed by atoms with Crippen molar-refractivity contribution >= 4 is 16.7 Å². The molecule has 0 aliphatic rings. The third-order valence-electron chi connectivity index (χ3n) is 3.04. The molecule has 3 nitrogen and oxygen atoms in total. The summed E-state index contributed by atoms with van der Waals surface area (Å²) in [6.07, 6.45) is 0. The Labute approximate surface area is 106 Å². The molecule has 0 aliphatic carbocycles. The summed E-state index contributed by atoms with van der Waals surface area (Å²) in [5.74, 6) is -1.05. The van der Waals surface area contributed by atoms with Gasteiger partial charge in [0.1, 0.15) is 5.75 Å². The molecule has 18 heavy (non-hydrogen) atoms. The van der Waals surface area contributed by atoms with E-state index in [1.165, 1.54) is 6.07 Å². The van der Waals surface area contributed by atoms with Crippen molar-refractivity contribution in [1.29, 1.82) is 0 Å². The SMILES string of the molecule is CC(C)(C)c1ccc2cc(O)cc(C(=O)O)c2c1. The molecule has 0 heterocycles. The van der Waals surface area contributed by atoms with Crippen LogP contribution in [0.3, 0.4) is 0 Å². The first-order chi connectivity index (χ1) is 8.29. The molecule has 0 saturated carbocycles. The van der Waals surface area contributed by atoms with Crippen LogP contribution in [0.5, 0.6) is 5.75 Å². The highest BCUT2D eigenvalue weighted by molar-refractivity contribution is 6.04. The Morgan fingerprint density at radius 1 is 1.11 bits per heavy atom. The van der Waals surface area contributed by atoms with Crippen LogP contribution < -0.4 is 0 Å². The number of phenols is 1. The van der Waals surface area contributed by atoms with Crippen LogP contribution in [0.4, 0.5) is 0 Å². The fourth-order valence-corrected chi connectivity index (χ4v) is 1.99. The Bertz CT molecular complexity index is 621. The number of hydrogen-bond acceptors (Lipinski definition) is 2. The molecule has 0 aliphatic heterocycles. The molecule has 0 aromatic heterocycles. The fraction of sp³-hybridized carbons (Fsp3) is 0.267. The van der Waals surface area contributed by atoms with Crippen LogP contribution in [0.25, 0.3) is 10.8 Å². The summed E-state index contributed by atoms with van der Waals surface area (Å²) >= 11 is 0. The Morgan fingerprint density at radius 3 is 2.33 bits per heavy atom. The zero-order chi connectivity index (χ0) is 13.5. The lowest BCUT2D eigenvalue weighted by atomic mass is 9.85. The van der Waals surface area contributed by atoms with Gasteiger partial charge < -0.3 is 10.2 Å². The van der Waals surface area contributed by atoms with Gasteiger partial charge in [0.05, 0.1) is 5.56 Å². The van der Waals surface area contributed by atoms with Crippen LogP contribution >= 0.6 is 0 Å². The molecule has 0 bridgehead atoms. The third-order valence-corrected chi connectivity index (χ3v) is 3.04. The van der Waals surface area contributed by atoms with Crippen molar-refractivity contribution in [3.05, 3.63) is 41.5 Å². The molecule has 0 fully saturated rings. The molecule has 2 N–H and O–H groups in total. The van der Waals surface area contributed by atoms with Gasteiger partial charge in [-0.3, -0.25) is 0 Å². The lowest BCUT2D eigenvalue weighted by molar-refractivity contribution is 0.0698. The van der Waals surface area contributed by atoms with Crippen molar-refractivity contribution in [2.75, 3.05) is 0 Å². The van der Waals surface area contributed by atoms with Gasteiger partial charge in [0.2, 0.25) is 0 Å². The summed E-state index contributed by atoms with van der Waals surface area (Å²) in [6.45, 7) is 6.24. The average molecular weight is 244 g/mol. The predicted molar refractivity (Wildman–Crippen MR) is 71.3 cm³/mol. The third kappa shape index (κ3) is 2.16. The molecule has 2 rings (SSSR count). The van der Waals surface area contributed by atoms with Crippen LogP contribution in [0.2, 0.25) is 0 Å². The molecule has 0 atom stereocenters. The molecule has 94 valence electrons. The quantitative estimate of drug-likeness (QED) is 0.806. The van der Waals surface area contributed by atoms with Gasteiger partial charge in [-0.25, -0.2) is 4.79 Å². The van der Waals surface area contributed by atoms with Gasteiger partial charge >= 0.3 is 5.97 Å². The van der Waals surface area contributed by atoms with Crippen LogP contribution in [0, 0.1) is 0 Å². The second-order valence-corrected chi connectivity index (χ2v) is 5.48. The van der Waals surface area contributed by atoms with Gasteiger partial charge in [-0.1, -0.05) is 32.9 Å². The minimum Gasteiger partial charge on any atom is -0.508 e. The first-order valence-electron chi connectivity index (χ1n) is 5.79. The van der Waals surface area contributed by atoms with Gasteiger partial charge in [-0.05, 0) is 39.9 Å². The summed E-state index contributed by atoms with van der Waals surface area (Å²) in [5, 5.41) is 20.1. The normalized spacial score (nSPS) is 11.7. The van der Waals surface area contributed by atoms with Gasteiger partial charge in [0.15, 0.2) is 0 Å². The minimum absolute atomic E-state index is 0.0246. The van der Waals surface area contributed by atoms with Crippen LogP contribution in [-0.4, -0.2) is 16.2 Å². The number of fused-ring (bicyclic) bond motifs is 1. The number of rotatable bonds is 1. The minimum atomic E-state index is -1.03. The van der Waals surface area contributed by atoms with Crippen molar-refractivity contribution in [3.63, 3.8) is 0 Å². The maximum Gasteiger partial charge on any atom is 0.336 e. The second-order valence-electron chi connectivity index (χ2n) is 5.48. The Kier molecular flexibility index (Phi) is 2.77. The first kappa shape index (κ1) is 12.4. The molecule has 2 aromatic rings. The first-order valence-corrected chi connectivity index (χ1v) is 5.79. The molecule has 3 heteroatoms. The molecule has 2 aromatic carbocycles. The van der Waals surface area contributed by atoms with Crippen LogP contribution in [0.15, 0.2) is 30.3 Å². The lowest BCUT2D eigenvalue weighted by Gasteiger charge is -2.20. The maximum absolute atomic E-state index is 11.2. The van der Waals surface area contributed by atoms with Crippen molar-refractivity contribution in [2.45, 2.75) is 26.2 Å². The van der Waals surface area contributed by atoms with E-state index in [-0.39, 0.29) is 16.7 Å². The highest BCUT2D eigenvalue weighted by atomic mass is 16.4. The maximum atomic E-state index is 11.2. The fourth-order valence-electron chi connectivity index (χ4n) is 1.99. The summed E-state index contributed by atoms with van der Waals surface area (Å²) in [7, 11) is 0. The number of aromatic hydroxyl groups is 1. The average Bonchev–Trinajstić information content (AvgIpc) is 2.25. The van der Waals surface area contributed by atoms with E-state index in [0.717, 1.165) is 10.9 Å². The highest BCUT2D eigenvalue weighted by Crippen LogP contribution is 2.30. The number of carbonyl (C=O) groups is 1. The number of benzene rings is 2. The van der Waals surface area contributed by atoms with Gasteiger partial charge in [0, 0.05) is 0 Å². The number of carboxylic acids is 1. The summed E-state index contributed by atoms with van der Waals surface area (Å²) in [5.41, 5.74) is 1.17. The van der Waals surface area contributed by atoms with E-state index in [0.29, 0.717) is 5.39 Å². The van der Waals surface area contributed by atoms with Crippen molar-refractivity contribution in [3.8, 4) is 5.75 Å². The zero-order valence-corrected chi connectivity index (χ0v) is 10.7. The molecular weight excluding hydrogens is 228 g/mol. The van der Waals surface area contributed by atoms with Crippen molar-refractivity contribution in [2.24, 2.45) is 0 Å². The monoisotopic (exact) mass is 244 g/mol. The smallest absolute Gasteiger partial charge is 0.336 e. The Hall–Kier alpha value is -2.03. The van der Waals surface area contributed by atoms with E-state index in [1.54, 1.807) is 6.07 Å². The summed E-state index contributed by atoms with van der Waals surface area (Å²) in [4.78, 5) is 11.2. The number of carboxylic acid groups (broad SMARTS) is 1. The molecule has 0 unspecified atom stereocenters. The van der Waals surface area contributed by atoms with E-state index in [2.05, 4.69) is 20.8 Å². The zero-order valence-electron chi connectivity index (χ0n) is 10.7. The van der Waals surface area contributed by atoms with Gasteiger partial charge in [-0.2, -0.15) is 0 Å². The van der Waals surface area contributed by atoms with E-state index in [9.17, 15) is 15.0 Å².